The number of benzene rings is 1. The van der Waals surface area contributed by atoms with E-state index in [-0.39, 0.29) is 5.82 Å². The zero-order valence-corrected chi connectivity index (χ0v) is 16.2. The number of rotatable bonds is 6. The van der Waals surface area contributed by atoms with Crippen molar-refractivity contribution in [3.05, 3.63) is 63.9 Å². The third-order valence-corrected chi connectivity index (χ3v) is 5.70. The fourth-order valence-electron chi connectivity index (χ4n) is 3.47. The van der Waals surface area contributed by atoms with Crippen LogP contribution in [0.5, 0.6) is 0 Å². The maximum atomic E-state index is 13.3. The molecule has 0 atom stereocenters. The predicted molar refractivity (Wildman–Crippen MR) is 104 cm³/mol. The quantitative estimate of drug-likeness (QED) is 0.595. The maximum absolute atomic E-state index is 13.3. The molecule has 3 aromatic rings. The topological polar surface area (TPSA) is 38.5 Å². The normalized spacial score (nSPS) is 15.5. The van der Waals surface area contributed by atoms with E-state index in [1.54, 1.807) is 11.3 Å². The Morgan fingerprint density at radius 3 is 2.63 bits per heavy atom. The fourth-order valence-corrected chi connectivity index (χ4v) is 4.10. The summed E-state index contributed by atoms with van der Waals surface area (Å²) >= 11 is 1.63. The minimum Gasteiger partial charge on any atom is -0.441 e. The molecule has 1 aliphatic rings. The highest BCUT2D eigenvalue weighted by molar-refractivity contribution is 7.08. The van der Waals surface area contributed by atoms with Crippen molar-refractivity contribution in [1.82, 2.24) is 9.88 Å². The van der Waals surface area contributed by atoms with Crippen LogP contribution in [0.25, 0.3) is 11.5 Å². The van der Waals surface area contributed by atoms with Gasteiger partial charge in [0.1, 0.15) is 11.6 Å². The van der Waals surface area contributed by atoms with Crippen molar-refractivity contribution in [2.24, 2.45) is 0 Å². The van der Waals surface area contributed by atoms with Gasteiger partial charge >= 0.3 is 0 Å². The van der Waals surface area contributed by atoms with Crippen molar-refractivity contribution in [1.29, 1.82) is 0 Å². The molecule has 4 rings (SSSR count). The third-order valence-electron chi connectivity index (χ3n) is 5.02. The summed E-state index contributed by atoms with van der Waals surface area (Å²) < 4.78 is 24.7. The Morgan fingerprint density at radius 1 is 1.15 bits per heavy atom. The smallest absolute Gasteiger partial charge is 0.227 e. The van der Waals surface area contributed by atoms with Gasteiger partial charge in [0.25, 0.3) is 0 Å². The van der Waals surface area contributed by atoms with Crippen LogP contribution in [0.4, 0.5) is 4.39 Å². The van der Waals surface area contributed by atoms with E-state index in [1.807, 2.05) is 35.9 Å². The van der Waals surface area contributed by atoms with Gasteiger partial charge < -0.3 is 9.15 Å². The van der Waals surface area contributed by atoms with Crippen molar-refractivity contribution in [2.45, 2.75) is 38.9 Å². The summed E-state index contributed by atoms with van der Waals surface area (Å²) in [4.78, 5) is 7.16. The van der Waals surface area contributed by atoms with Gasteiger partial charge in [0, 0.05) is 43.3 Å². The van der Waals surface area contributed by atoms with Crippen LogP contribution < -0.4 is 0 Å². The molecular weight excluding hydrogens is 363 g/mol. The summed E-state index contributed by atoms with van der Waals surface area (Å²) in [6, 6.07) is 9.20. The molecule has 0 radical (unpaired) electrons. The summed E-state index contributed by atoms with van der Waals surface area (Å²) in [7, 11) is 0. The lowest BCUT2D eigenvalue weighted by atomic mass is 10.1. The monoisotopic (exact) mass is 386 g/mol. The van der Waals surface area contributed by atoms with Crippen molar-refractivity contribution in [3.63, 3.8) is 0 Å². The standard InChI is InChI=1S/C21H23FN2O2S/c1-15-20(23-21(26-15)17-8-11-27-14-17)13-24(19-6-9-25-10-7-19)12-16-2-4-18(22)5-3-16/h2-5,8,11,14,19H,6-7,9-10,12-13H2,1H3. The van der Waals surface area contributed by atoms with Crippen LogP contribution in [0.1, 0.15) is 29.9 Å². The molecule has 0 N–H and O–H groups in total. The number of oxazole rings is 1. The Balaban J connectivity index is 1.56. The van der Waals surface area contributed by atoms with Gasteiger partial charge in [-0.3, -0.25) is 4.90 Å². The molecule has 0 aliphatic carbocycles. The number of hydrogen-bond acceptors (Lipinski definition) is 5. The van der Waals surface area contributed by atoms with Crippen LogP contribution >= 0.6 is 11.3 Å². The highest BCUT2D eigenvalue weighted by atomic mass is 32.1. The zero-order valence-electron chi connectivity index (χ0n) is 15.4. The van der Waals surface area contributed by atoms with Gasteiger partial charge in [-0.2, -0.15) is 11.3 Å². The molecule has 142 valence electrons. The van der Waals surface area contributed by atoms with E-state index < -0.39 is 0 Å². The summed E-state index contributed by atoms with van der Waals surface area (Å²) in [6.07, 6.45) is 1.99. The van der Waals surface area contributed by atoms with E-state index in [2.05, 4.69) is 4.90 Å². The molecule has 1 aliphatic heterocycles. The molecule has 3 heterocycles. The van der Waals surface area contributed by atoms with Crippen LogP contribution in [0.3, 0.4) is 0 Å². The van der Waals surface area contributed by atoms with E-state index in [1.165, 1.54) is 12.1 Å². The van der Waals surface area contributed by atoms with Crippen LogP contribution in [0.2, 0.25) is 0 Å². The predicted octanol–water partition coefficient (Wildman–Crippen LogP) is 5.03. The fraction of sp³-hybridized carbons (Fsp3) is 0.381. The first-order chi connectivity index (χ1) is 13.2. The van der Waals surface area contributed by atoms with Crippen molar-refractivity contribution in [2.75, 3.05) is 13.2 Å². The number of ether oxygens (including phenoxy) is 1. The van der Waals surface area contributed by atoms with E-state index >= 15 is 0 Å². The summed E-state index contributed by atoms with van der Waals surface area (Å²) in [6.45, 7) is 5.00. The summed E-state index contributed by atoms with van der Waals surface area (Å²) in [5, 5.41) is 4.07. The first kappa shape index (κ1) is 18.3. The molecule has 0 spiro atoms. The zero-order chi connectivity index (χ0) is 18.6. The summed E-state index contributed by atoms with van der Waals surface area (Å²) in [5.74, 6) is 1.33. The van der Waals surface area contributed by atoms with Gasteiger partial charge in [-0.1, -0.05) is 12.1 Å². The minimum atomic E-state index is -0.205. The van der Waals surface area contributed by atoms with Crippen LogP contribution in [-0.2, 0) is 17.8 Å². The lowest BCUT2D eigenvalue weighted by Gasteiger charge is -2.34. The van der Waals surface area contributed by atoms with Crippen LogP contribution in [0, 0.1) is 12.7 Å². The molecule has 1 fully saturated rings. The lowest BCUT2D eigenvalue weighted by Crippen LogP contribution is -2.38. The minimum absolute atomic E-state index is 0.205. The SMILES string of the molecule is Cc1oc(-c2ccsc2)nc1CN(Cc1ccc(F)cc1)C1CCOCC1. The molecule has 0 bridgehead atoms. The number of aryl methyl sites for hydroxylation is 1. The Hall–Kier alpha value is -2.02. The first-order valence-corrected chi connectivity index (χ1v) is 10.2. The van der Waals surface area contributed by atoms with Gasteiger partial charge in [0.05, 0.1) is 5.69 Å². The second-order valence-electron chi connectivity index (χ2n) is 6.91. The number of nitrogens with zero attached hydrogens (tertiary/aromatic N) is 2. The van der Waals surface area contributed by atoms with E-state index in [9.17, 15) is 4.39 Å². The van der Waals surface area contributed by atoms with E-state index in [0.717, 1.165) is 55.2 Å². The van der Waals surface area contributed by atoms with Gasteiger partial charge in [0.2, 0.25) is 5.89 Å². The first-order valence-electron chi connectivity index (χ1n) is 9.24. The molecule has 2 aromatic heterocycles. The average molecular weight is 386 g/mol. The van der Waals surface area contributed by atoms with Gasteiger partial charge in [-0.25, -0.2) is 9.37 Å². The van der Waals surface area contributed by atoms with E-state index in [4.69, 9.17) is 14.1 Å². The number of hydrogen-bond donors (Lipinski definition) is 0. The highest BCUT2D eigenvalue weighted by Gasteiger charge is 2.24. The molecule has 0 unspecified atom stereocenters. The molecule has 1 aromatic carbocycles. The van der Waals surface area contributed by atoms with Crippen LogP contribution in [-0.4, -0.2) is 29.1 Å². The highest BCUT2D eigenvalue weighted by Crippen LogP contribution is 2.26. The molecule has 27 heavy (non-hydrogen) atoms. The Kier molecular flexibility index (Phi) is 5.66. The van der Waals surface area contributed by atoms with Gasteiger partial charge in [0.15, 0.2) is 0 Å². The van der Waals surface area contributed by atoms with E-state index in [0.29, 0.717) is 18.5 Å². The molecular formula is C21H23FN2O2S. The van der Waals surface area contributed by atoms with Crippen LogP contribution in [0.15, 0.2) is 45.5 Å². The number of thiophene rings is 1. The molecule has 6 heteroatoms. The maximum Gasteiger partial charge on any atom is 0.227 e. The Morgan fingerprint density at radius 2 is 1.93 bits per heavy atom. The third kappa shape index (κ3) is 4.46. The molecule has 1 saturated heterocycles. The van der Waals surface area contributed by atoms with Crippen molar-refractivity contribution in [3.8, 4) is 11.5 Å². The number of aromatic nitrogens is 1. The molecule has 4 nitrogen and oxygen atoms in total. The van der Waals surface area contributed by atoms with Crippen molar-refractivity contribution < 1.29 is 13.5 Å². The molecule has 0 saturated carbocycles. The van der Waals surface area contributed by atoms with Gasteiger partial charge in [-0.15, -0.1) is 0 Å². The Labute approximate surface area is 162 Å². The lowest BCUT2D eigenvalue weighted by molar-refractivity contribution is 0.0272. The largest absolute Gasteiger partial charge is 0.441 e. The number of halogens is 1. The van der Waals surface area contributed by atoms with Crippen molar-refractivity contribution >= 4 is 11.3 Å². The summed E-state index contributed by atoms with van der Waals surface area (Å²) in [5.41, 5.74) is 3.08. The second-order valence-corrected chi connectivity index (χ2v) is 7.69. The second kappa shape index (κ2) is 8.33. The Bertz CT molecular complexity index is 855. The van der Waals surface area contributed by atoms with Gasteiger partial charge in [-0.05, 0) is 48.9 Å². The molecule has 0 amide bonds. The average Bonchev–Trinajstić information content (AvgIpc) is 3.34.